The zero-order valence-electron chi connectivity index (χ0n) is 19.7. The average molecular weight is 487 g/mol. The molecule has 0 unspecified atom stereocenters. The Labute approximate surface area is 191 Å². The van der Waals surface area contributed by atoms with Crippen molar-refractivity contribution in [3.05, 3.63) is 0 Å². The van der Waals surface area contributed by atoms with Crippen LogP contribution in [0.15, 0.2) is 0 Å². The van der Waals surface area contributed by atoms with Crippen molar-refractivity contribution in [1.29, 1.82) is 0 Å². The van der Waals surface area contributed by atoms with E-state index in [2.05, 4.69) is 0 Å². The highest BCUT2D eigenvalue weighted by Gasteiger charge is 2.73. The first-order valence-electron chi connectivity index (χ1n) is 11.0. The van der Waals surface area contributed by atoms with Crippen molar-refractivity contribution in [2.45, 2.75) is 38.0 Å². The van der Waals surface area contributed by atoms with E-state index in [4.69, 9.17) is 17.7 Å². The van der Waals surface area contributed by atoms with Crippen LogP contribution in [0.5, 0.6) is 0 Å². The van der Waals surface area contributed by atoms with Gasteiger partial charge in [-0.1, -0.05) is 0 Å². The topological polar surface area (TPSA) is 112 Å². The van der Waals surface area contributed by atoms with Crippen LogP contribution in [-0.4, -0.2) is 92.1 Å². The van der Waals surface area contributed by atoms with Gasteiger partial charge in [-0.15, -0.1) is 0 Å². The van der Waals surface area contributed by atoms with Gasteiger partial charge in [0, 0.05) is 41.5 Å². The molecule has 1 aliphatic carbocycles. The van der Waals surface area contributed by atoms with Gasteiger partial charge < -0.3 is 17.7 Å². The Morgan fingerprint density at radius 2 is 0.844 bits per heavy atom. The Balaban J connectivity index is 1.60. The van der Waals surface area contributed by atoms with E-state index < -0.39 is 40.8 Å². The molecular weight excluding hydrogens is 452 g/mol. The first kappa shape index (κ1) is 25.2. The maximum absolute atomic E-state index is 12.9. The molecule has 2 aliphatic heterocycles. The summed E-state index contributed by atoms with van der Waals surface area (Å²) in [5.41, 5.74) is 0. The standard InChI is InChI=1S/C20H34N2O8Si2/c1-27-31(5,28-2)11-7-9-21-17(23)13-14(18(21)24)16-15(13)19(25)22(20(16)26)10-8-12-32(6,29-3)30-4/h13-16H,7-12H2,1-6H3. The molecule has 0 aromatic carbocycles. The van der Waals surface area contributed by atoms with E-state index >= 15 is 0 Å². The summed E-state index contributed by atoms with van der Waals surface area (Å²) < 4.78 is 21.8. The van der Waals surface area contributed by atoms with Crippen molar-refractivity contribution in [2.24, 2.45) is 23.7 Å². The normalized spacial score (nSPS) is 27.8. The summed E-state index contributed by atoms with van der Waals surface area (Å²) in [6, 6.07) is 1.27. The lowest BCUT2D eigenvalue weighted by atomic mass is 9.59. The summed E-state index contributed by atoms with van der Waals surface area (Å²) in [6.07, 6.45) is 1.12. The minimum absolute atomic E-state index is 0.253. The number of carbonyl (C=O) groups is 4. The molecule has 0 bridgehead atoms. The van der Waals surface area contributed by atoms with Crippen LogP contribution < -0.4 is 0 Å². The minimum Gasteiger partial charge on any atom is -0.398 e. The van der Waals surface area contributed by atoms with Crippen LogP contribution in [0, 0.1) is 23.7 Å². The summed E-state index contributed by atoms with van der Waals surface area (Å²) in [7, 11) is 1.79. The van der Waals surface area contributed by atoms with E-state index in [1.807, 2.05) is 13.1 Å². The molecule has 0 aromatic rings. The third-order valence-corrected chi connectivity index (χ3v) is 13.5. The number of fused-ring (bicyclic) bond motifs is 4. The van der Waals surface area contributed by atoms with E-state index in [1.165, 1.54) is 9.80 Å². The number of hydrogen-bond donors (Lipinski definition) is 0. The molecule has 0 spiro atoms. The van der Waals surface area contributed by atoms with Gasteiger partial charge in [0.1, 0.15) is 0 Å². The number of imide groups is 2. The number of hydrogen-bond acceptors (Lipinski definition) is 8. The molecule has 3 rings (SSSR count). The first-order valence-corrected chi connectivity index (χ1v) is 16.0. The molecule has 0 N–H and O–H groups in total. The van der Waals surface area contributed by atoms with E-state index in [9.17, 15) is 19.2 Å². The van der Waals surface area contributed by atoms with Crippen molar-refractivity contribution >= 4 is 40.8 Å². The Kier molecular flexibility index (Phi) is 7.42. The molecule has 32 heavy (non-hydrogen) atoms. The van der Waals surface area contributed by atoms with Gasteiger partial charge >= 0.3 is 17.1 Å². The van der Waals surface area contributed by atoms with Gasteiger partial charge in [0.15, 0.2) is 0 Å². The highest BCUT2D eigenvalue weighted by Crippen LogP contribution is 2.56. The minimum atomic E-state index is -2.30. The summed E-state index contributed by atoms with van der Waals surface area (Å²) in [6.45, 7) is 4.35. The summed E-state index contributed by atoms with van der Waals surface area (Å²) in [5.74, 6) is -4.16. The van der Waals surface area contributed by atoms with Crippen LogP contribution in [0.2, 0.25) is 25.2 Å². The zero-order chi connectivity index (χ0) is 23.8. The van der Waals surface area contributed by atoms with Crippen molar-refractivity contribution in [1.82, 2.24) is 9.80 Å². The predicted molar refractivity (Wildman–Crippen MR) is 118 cm³/mol. The monoisotopic (exact) mass is 486 g/mol. The van der Waals surface area contributed by atoms with Gasteiger partial charge in [0.2, 0.25) is 23.6 Å². The van der Waals surface area contributed by atoms with Crippen LogP contribution in [0.3, 0.4) is 0 Å². The van der Waals surface area contributed by atoms with Gasteiger partial charge in [-0.25, -0.2) is 0 Å². The largest absolute Gasteiger partial charge is 0.398 e. The Bertz CT molecular complexity index is 674. The summed E-state index contributed by atoms with van der Waals surface area (Å²) in [4.78, 5) is 54.2. The van der Waals surface area contributed by atoms with Crippen LogP contribution in [0.4, 0.5) is 0 Å². The lowest BCUT2D eigenvalue weighted by Crippen LogP contribution is -2.50. The quantitative estimate of drug-likeness (QED) is 0.293. The highest BCUT2D eigenvalue weighted by molar-refractivity contribution is 6.66. The molecule has 3 fully saturated rings. The van der Waals surface area contributed by atoms with Gasteiger partial charge in [0.25, 0.3) is 0 Å². The van der Waals surface area contributed by atoms with Gasteiger partial charge in [0.05, 0.1) is 23.7 Å². The fourth-order valence-electron chi connectivity index (χ4n) is 5.05. The number of amides is 4. The second-order valence-corrected chi connectivity index (χ2v) is 16.2. The lowest BCUT2D eigenvalue weighted by Gasteiger charge is -2.36. The van der Waals surface area contributed by atoms with Crippen molar-refractivity contribution in [3.63, 3.8) is 0 Å². The third kappa shape index (κ3) is 4.12. The lowest BCUT2D eigenvalue weighted by molar-refractivity contribution is -0.146. The summed E-state index contributed by atoms with van der Waals surface area (Å²) in [5, 5.41) is 0. The fraction of sp³-hybridized carbons (Fsp3) is 0.800. The van der Waals surface area contributed by atoms with Gasteiger partial charge in [-0.05, 0) is 38.0 Å². The second-order valence-electron chi connectivity index (χ2n) is 9.05. The van der Waals surface area contributed by atoms with Crippen LogP contribution in [0.25, 0.3) is 0 Å². The smallest absolute Gasteiger partial charge is 0.334 e. The number of likely N-dealkylation sites (tertiary alicyclic amines) is 2. The van der Waals surface area contributed by atoms with Crippen LogP contribution in [-0.2, 0) is 36.9 Å². The molecule has 0 atom stereocenters. The fourth-order valence-corrected chi connectivity index (χ4v) is 7.80. The van der Waals surface area contributed by atoms with Crippen molar-refractivity contribution < 1.29 is 36.9 Å². The number of rotatable bonds is 12. The molecule has 2 heterocycles. The molecule has 0 aromatic heterocycles. The second kappa shape index (κ2) is 9.43. The highest BCUT2D eigenvalue weighted by atomic mass is 28.4. The third-order valence-electron chi connectivity index (χ3n) is 7.50. The van der Waals surface area contributed by atoms with E-state index in [0.29, 0.717) is 24.9 Å². The van der Waals surface area contributed by atoms with E-state index in [-0.39, 0.29) is 36.7 Å². The molecule has 0 radical (unpaired) electrons. The Morgan fingerprint density at radius 3 is 1.06 bits per heavy atom. The predicted octanol–water partition coefficient (Wildman–Crippen LogP) is 0.712. The van der Waals surface area contributed by atoms with Crippen LogP contribution in [0.1, 0.15) is 12.8 Å². The number of nitrogens with zero attached hydrogens (tertiary/aromatic N) is 2. The van der Waals surface area contributed by atoms with Crippen LogP contribution >= 0.6 is 0 Å². The summed E-state index contributed by atoms with van der Waals surface area (Å²) >= 11 is 0. The zero-order valence-corrected chi connectivity index (χ0v) is 21.7. The molecular formula is C20H34N2O8Si2. The van der Waals surface area contributed by atoms with E-state index in [1.54, 1.807) is 28.4 Å². The molecule has 2 saturated heterocycles. The molecule has 4 amide bonds. The maximum atomic E-state index is 12.9. The van der Waals surface area contributed by atoms with Gasteiger partial charge in [-0.3, -0.25) is 29.0 Å². The molecule has 180 valence electrons. The molecule has 10 nitrogen and oxygen atoms in total. The van der Waals surface area contributed by atoms with Crippen molar-refractivity contribution in [2.75, 3.05) is 41.5 Å². The number of carbonyl (C=O) groups excluding carboxylic acids is 4. The molecule has 3 aliphatic rings. The molecule has 1 saturated carbocycles. The maximum Gasteiger partial charge on any atom is 0.334 e. The van der Waals surface area contributed by atoms with Gasteiger partial charge in [-0.2, -0.15) is 0 Å². The Hall–Kier alpha value is -1.45. The average Bonchev–Trinajstić information content (AvgIpc) is 3.08. The first-order chi connectivity index (χ1) is 15.1. The SMILES string of the molecule is CO[Si](C)(CCCN1C(=O)C2C(C1=O)C1C(=O)N(CCC[Si](C)(OC)OC)C(=O)C21)OC. The Morgan fingerprint density at radius 1 is 0.594 bits per heavy atom. The van der Waals surface area contributed by atoms with Crippen molar-refractivity contribution in [3.8, 4) is 0 Å². The molecule has 12 heteroatoms. The van der Waals surface area contributed by atoms with E-state index in [0.717, 1.165) is 0 Å².